The van der Waals surface area contributed by atoms with Gasteiger partial charge in [-0.2, -0.15) is 0 Å². The topological polar surface area (TPSA) is 68.3 Å². The molecule has 2 aromatic rings. The number of ether oxygens (including phenoxy) is 1. The van der Waals surface area contributed by atoms with Crippen molar-refractivity contribution < 1.29 is 14.3 Å². The van der Waals surface area contributed by atoms with Crippen molar-refractivity contribution in [1.82, 2.24) is 10.3 Å². The Morgan fingerprint density at radius 3 is 2.62 bits per heavy atom. The van der Waals surface area contributed by atoms with Gasteiger partial charge in [-0.3, -0.25) is 9.59 Å². The van der Waals surface area contributed by atoms with Crippen LogP contribution in [0.3, 0.4) is 0 Å². The Morgan fingerprint density at radius 2 is 1.96 bits per heavy atom. The molecule has 0 aliphatic rings. The Hall–Kier alpha value is -2.65. The van der Waals surface area contributed by atoms with Crippen molar-refractivity contribution in [3.63, 3.8) is 0 Å². The number of aromatic nitrogens is 1. The van der Waals surface area contributed by atoms with Gasteiger partial charge in [0.25, 0.3) is 5.91 Å². The van der Waals surface area contributed by atoms with Gasteiger partial charge in [0.1, 0.15) is 20.3 Å². The highest BCUT2D eigenvalue weighted by atomic mass is 28.3. The fourth-order valence-electron chi connectivity index (χ4n) is 1.90. The van der Waals surface area contributed by atoms with Gasteiger partial charge in [0.05, 0.1) is 12.6 Å². The summed E-state index contributed by atoms with van der Waals surface area (Å²) in [5.74, 6) is 2.29. The van der Waals surface area contributed by atoms with Crippen LogP contribution in [-0.2, 0) is 9.53 Å². The summed E-state index contributed by atoms with van der Waals surface area (Å²) in [5, 5.41) is 3.39. The first-order valence-electron chi connectivity index (χ1n) is 7.57. The maximum atomic E-state index is 12.0. The summed E-state index contributed by atoms with van der Waals surface area (Å²) < 4.78 is 4.48. The number of carbonyl (C=O) groups excluding carboxylic acids is 2. The van der Waals surface area contributed by atoms with E-state index in [9.17, 15) is 9.59 Å². The summed E-state index contributed by atoms with van der Waals surface area (Å²) in [6.07, 6.45) is 0. The SMILES string of the molecule is COC(=O)CNC(=O)c1ccc2cc(C#C[Si](C)(C)C)ccc2n1. The van der Waals surface area contributed by atoms with Crippen molar-refractivity contribution in [2.45, 2.75) is 19.6 Å². The van der Waals surface area contributed by atoms with E-state index in [2.05, 4.69) is 46.1 Å². The molecule has 0 bridgehead atoms. The van der Waals surface area contributed by atoms with E-state index in [0.717, 1.165) is 10.9 Å². The molecule has 0 fully saturated rings. The molecule has 124 valence electrons. The molecule has 6 heteroatoms. The van der Waals surface area contributed by atoms with Crippen LogP contribution in [0.15, 0.2) is 30.3 Å². The molecule has 5 nitrogen and oxygen atoms in total. The van der Waals surface area contributed by atoms with E-state index < -0.39 is 20.0 Å². The fourth-order valence-corrected chi connectivity index (χ4v) is 2.42. The average Bonchev–Trinajstić information content (AvgIpc) is 2.56. The number of fused-ring (bicyclic) bond motifs is 1. The molecule has 0 radical (unpaired) electrons. The molecule has 1 N–H and O–H groups in total. The van der Waals surface area contributed by atoms with Crippen LogP contribution in [0.4, 0.5) is 0 Å². The molecule has 0 atom stereocenters. The van der Waals surface area contributed by atoms with Crippen LogP contribution in [0.5, 0.6) is 0 Å². The Balaban J connectivity index is 2.21. The Morgan fingerprint density at radius 1 is 1.21 bits per heavy atom. The van der Waals surface area contributed by atoms with E-state index in [0.29, 0.717) is 5.52 Å². The van der Waals surface area contributed by atoms with Crippen LogP contribution >= 0.6 is 0 Å². The van der Waals surface area contributed by atoms with Gasteiger partial charge < -0.3 is 10.1 Å². The molecule has 1 heterocycles. The summed E-state index contributed by atoms with van der Waals surface area (Å²) >= 11 is 0. The number of benzene rings is 1. The molecule has 0 aliphatic heterocycles. The smallest absolute Gasteiger partial charge is 0.325 e. The first-order chi connectivity index (χ1) is 11.3. The molecule has 1 aromatic carbocycles. The largest absolute Gasteiger partial charge is 0.468 e. The average molecular weight is 340 g/mol. The van der Waals surface area contributed by atoms with Gasteiger partial charge in [0, 0.05) is 10.9 Å². The van der Waals surface area contributed by atoms with Crippen molar-refractivity contribution in [3.05, 3.63) is 41.6 Å². The molecule has 0 spiro atoms. The number of nitrogens with zero attached hydrogens (tertiary/aromatic N) is 1. The summed E-state index contributed by atoms with van der Waals surface area (Å²) in [7, 11) is -0.151. The van der Waals surface area contributed by atoms with Gasteiger partial charge in [-0.05, 0) is 24.3 Å². The predicted octanol–water partition coefficient (Wildman–Crippen LogP) is 2.37. The lowest BCUT2D eigenvalue weighted by molar-refractivity contribution is -0.139. The molecule has 1 aromatic heterocycles. The van der Waals surface area contributed by atoms with Crippen molar-refractivity contribution in [1.29, 1.82) is 0 Å². The normalized spacial score (nSPS) is 10.7. The molecule has 24 heavy (non-hydrogen) atoms. The molecule has 0 unspecified atom stereocenters. The third-order valence-electron chi connectivity index (χ3n) is 3.12. The van der Waals surface area contributed by atoms with Crippen molar-refractivity contribution in [3.8, 4) is 11.5 Å². The van der Waals surface area contributed by atoms with Crippen LogP contribution in [0.25, 0.3) is 10.9 Å². The number of amides is 1. The quantitative estimate of drug-likeness (QED) is 0.529. The van der Waals surface area contributed by atoms with Gasteiger partial charge in [0.2, 0.25) is 0 Å². The number of hydrogen-bond acceptors (Lipinski definition) is 4. The zero-order valence-corrected chi connectivity index (χ0v) is 15.3. The van der Waals surface area contributed by atoms with E-state index >= 15 is 0 Å². The van der Waals surface area contributed by atoms with Gasteiger partial charge >= 0.3 is 5.97 Å². The first-order valence-corrected chi connectivity index (χ1v) is 11.1. The summed E-state index contributed by atoms with van der Waals surface area (Å²) in [5.41, 5.74) is 5.23. The zero-order chi connectivity index (χ0) is 17.7. The maximum absolute atomic E-state index is 12.0. The van der Waals surface area contributed by atoms with Gasteiger partial charge in [-0.1, -0.05) is 31.6 Å². The summed E-state index contributed by atoms with van der Waals surface area (Å²) in [6.45, 7) is 6.41. The van der Waals surface area contributed by atoms with Crippen LogP contribution in [0.2, 0.25) is 19.6 Å². The number of rotatable bonds is 3. The Kier molecular flexibility index (Phi) is 5.37. The molecular weight excluding hydrogens is 320 g/mol. The third-order valence-corrected chi connectivity index (χ3v) is 4.00. The highest BCUT2D eigenvalue weighted by Gasteiger charge is 2.10. The van der Waals surface area contributed by atoms with E-state index in [4.69, 9.17) is 0 Å². The second-order valence-electron chi connectivity index (χ2n) is 6.36. The molecule has 0 saturated carbocycles. The van der Waals surface area contributed by atoms with Crippen LogP contribution in [0, 0.1) is 11.5 Å². The van der Waals surface area contributed by atoms with Crippen LogP contribution in [-0.4, -0.2) is 38.6 Å². The van der Waals surface area contributed by atoms with Crippen LogP contribution in [0.1, 0.15) is 16.1 Å². The number of hydrogen-bond donors (Lipinski definition) is 1. The minimum absolute atomic E-state index is 0.180. The molecule has 1 amide bonds. The minimum atomic E-state index is -1.42. The fraction of sp³-hybridized carbons (Fsp3) is 0.278. The number of methoxy groups -OCH3 is 1. The second kappa shape index (κ2) is 7.28. The Bertz CT molecular complexity index is 845. The lowest BCUT2D eigenvalue weighted by atomic mass is 10.1. The highest BCUT2D eigenvalue weighted by Crippen LogP contribution is 2.15. The third kappa shape index (κ3) is 4.93. The lowest BCUT2D eigenvalue weighted by Crippen LogP contribution is -2.30. The minimum Gasteiger partial charge on any atom is -0.468 e. The van der Waals surface area contributed by atoms with E-state index in [1.54, 1.807) is 6.07 Å². The van der Waals surface area contributed by atoms with Crippen LogP contribution < -0.4 is 5.32 Å². The highest BCUT2D eigenvalue weighted by molar-refractivity contribution is 6.83. The molecule has 2 rings (SSSR count). The molecule has 0 saturated heterocycles. The monoisotopic (exact) mass is 340 g/mol. The van der Waals surface area contributed by atoms with Crippen molar-refractivity contribution >= 4 is 30.9 Å². The van der Waals surface area contributed by atoms with Crippen molar-refractivity contribution in [2.75, 3.05) is 13.7 Å². The second-order valence-corrected chi connectivity index (χ2v) is 11.1. The molecular formula is C18H20N2O3Si. The predicted molar refractivity (Wildman–Crippen MR) is 96.3 cm³/mol. The van der Waals surface area contributed by atoms with Gasteiger partial charge in [-0.25, -0.2) is 4.98 Å². The number of carbonyl (C=O) groups is 2. The lowest BCUT2D eigenvalue weighted by Gasteiger charge is -2.05. The standard InChI is InChI=1S/C18H20N2O3Si/c1-23-17(21)12-19-18(22)16-8-6-14-11-13(5-7-15(14)20-16)9-10-24(2,3)4/h5-8,11H,12H2,1-4H3,(H,19,22). The summed E-state index contributed by atoms with van der Waals surface area (Å²) in [6, 6.07) is 9.17. The number of esters is 1. The van der Waals surface area contributed by atoms with Gasteiger partial charge in [-0.15, -0.1) is 5.54 Å². The van der Waals surface area contributed by atoms with E-state index in [1.165, 1.54) is 7.11 Å². The van der Waals surface area contributed by atoms with Crippen molar-refractivity contribution in [2.24, 2.45) is 0 Å². The maximum Gasteiger partial charge on any atom is 0.325 e. The van der Waals surface area contributed by atoms with E-state index in [-0.39, 0.29) is 12.2 Å². The first kappa shape index (κ1) is 17.7. The van der Waals surface area contributed by atoms with Gasteiger partial charge in [0.15, 0.2) is 0 Å². The number of pyridine rings is 1. The van der Waals surface area contributed by atoms with E-state index in [1.807, 2.05) is 24.3 Å². The molecule has 0 aliphatic carbocycles. The Labute approximate surface area is 142 Å². The zero-order valence-electron chi connectivity index (χ0n) is 14.3. The number of nitrogens with one attached hydrogen (secondary N) is 1. The summed E-state index contributed by atoms with van der Waals surface area (Å²) in [4.78, 5) is 27.4.